The first-order valence-electron chi connectivity index (χ1n) is 13.5. The van der Waals surface area contributed by atoms with Crippen molar-refractivity contribution in [1.29, 1.82) is 0 Å². The van der Waals surface area contributed by atoms with Gasteiger partial charge >= 0.3 is 18.4 Å². The lowest BCUT2D eigenvalue weighted by Gasteiger charge is -2.36. The number of carbonyl (C=O) groups is 1. The highest BCUT2D eigenvalue weighted by molar-refractivity contribution is 5.89. The van der Waals surface area contributed by atoms with Crippen LogP contribution < -0.4 is 10.2 Å². The number of aromatic nitrogens is 2. The van der Waals surface area contributed by atoms with E-state index in [0.717, 1.165) is 35.4 Å². The van der Waals surface area contributed by atoms with Crippen LogP contribution in [0.4, 0.5) is 42.6 Å². The zero-order valence-electron chi connectivity index (χ0n) is 23.0. The van der Waals surface area contributed by atoms with E-state index < -0.39 is 29.5 Å². The highest BCUT2D eigenvalue weighted by Gasteiger charge is 2.32. The normalized spacial score (nSPS) is 14.1. The van der Waals surface area contributed by atoms with Gasteiger partial charge in [0.25, 0.3) is 0 Å². The number of hydrogen-bond acceptors (Lipinski definition) is 4. The second kappa shape index (κ2) is 11.9. The molecule has 2 heterocycles. The lowest BCUT2D eigenvalue weighted by Crippen LogP contribution is -2.50. The Balaban J connectivity index is 1.38. The van der Waals surface area contributed by atoms with Crippen LogP contribution in [0.2, 0.25) is 0 Å². The third kappa shape index (κ3) is 7.07. The number of amides is 2. The number of anilines is 2. The predicted octanol–water partition coefficient (Wildman–Crippen LogP) is 7.43. The minimum absolute atomic E-state index is 0.165. The van der Waals surface area contributed by atoms with E-state index in [-0.39, 0.29) is 17.1 Å². The Morgan fingerprint density at radius 3 is 2.07 bits per heavy atom. The van der Waals surface area contributed by atoms with Crippen molar-refractivity contribution in [3.05, 3.63) is 107 Å². The van der Waals surface area contributed by atoms with Crippen LogP contribution >= 0.6 is 0 Å². The number of nitrogens with zero attached hydrogens (tertiary/aromatic N) is 4. The van der Waals surface area contributed by atoms with Gasteiger partial charge in [-0.1, -0.05) is 42.5 Å². The maximum Gasteiger partial charge on any atom is 0.416 e. The summed E-state index contributed by atoms with van der Waals surface area (Å²) in [4.78, 5) is 25.7. The van der Waals surface area contributed by atoms with Crippen molar-refractivity contribution in [3.63, 3.8) is 0 Å². The summed E-state index contributed by atoms with van der Waals surface area (Å²) in [6, 6.07) is 18.3. The van der Waals surface area contributed by atoms with Crippen molar-refractivity contribution in [2.24, 2.45) is 0 Å². The summed E-state index contributed by atoms with van der Waals surface area (Å²) in [7, 11) is 0. The van der Waals surface area contributed by atoms with Crippen molar-refractivity contribution in [2.75, 3.05) is 36.4 Å². The second-order valence-corrected chi connectivity index (χ2v) is 10.2. The van der Waals surface area contributed by atoms with Crippen LogP contribution in [0.1, 0.15) is 27.9 Å². The Morgan fingerprint density at radius 2 is 1.44 bits per heavy atom. The summed E-state index contributed by atoms with van der Waals surface area (Å²) < 4.78 is 78.8. The van der Waals surface area contributed by atoms with Gasteiger partial charge in [-0.15, -0.1) is 0 Å². The Hall–Kier alpha value is -4.61. The molecule has 0 radical (unpaired) electrons. The van der Waals surface area contributed by atoms with Crippen molar-refractivity contribution >= 4 is 17.5 Å². The fraction of sp³-hybridized carbons (Fsp3) is 0.258. The van der Waals surface area contributed by atoms with Gasteiger partial charge in [0.15, 0.2) is 5.82 Å². The van der Waals surface area contributed by atoms with E-state index in [4.69, 9.17) is 4.98 Å². The van der Waals surface area contributed by atoms with E-state index in [9.17, 15) is 31.1 Å². The van der Waals surface area contributed by atoms with Gasteiger partial charge < -0.3 is 15.1 Å². The molecule has 0 spiro atoms. The quantitative estimate of drug-likeness (QED) is 0.243. The van der Waals surface area contributed by atoms with Gasteiger partial charge in [-0.05, 0) is 48.9 Å². The molecule has 0 unspecified atom stereocenters. The summed E-state index contributed by atoms with van der Waals surface area (Å²) in [5.41, 5.74) is 1.33. The van der Waals surface area contributed by atoms with Gasteiger partial charge in [0.05, 0.1) is 11.1 Å². The molecule has 43 heavy (non-hydrogen) atoms. The van der Waals surface area contributed by atoms with E-state index in [1.54, 1.807) is 11.8 Å². The molecule has 0 bridgehead atoms. The third-order valence-corrected chi connectivity index (χ3v) is 7.19. The van der Waals surface area contributed by atoms with Crippen LogP contribution in [-0.2, 0) is 18.8 Å². The average molecular weight is 600 g/mol. The maximum atomic E-state index is 13.4. The Bertz CT molecular complexity index is 1580. The molecule has 5 rings (SSSR count). The Kier molecular flexibility index (Phi) is 8.30. The lowest BCUT2D eigenvalue weighted by molar-refractivity contribution is -0.138. The van der Waals surface area contributed by atoms with Crippen molar-refractivity contribution in [3.8, 4) is 11.4 Å². The van der Waals surface area contributed by atoms with Gasteiger partial charge in [0.1, 0.15) is 5.82 Å². The molecule has 12 heteroatoms. The molecule has 1 N–H and O–H groups in total. The average Bonchev–Trinajstić information content (AvgIpc) is 2.98. The Morgan fingerprint density at radius 1 is 0.791 bits per heavy atom. The molecule has 2 amide bonds. The van der Waals surface area contributed by atoms with Crippen molar-refractivity contribution < 1.29 is 31.1 Å². The number of nitrogens with one attached hydrogen (secondary N) is 1. The first-order valence-corrected chi connectivity index (χ1v) is 13.5. The SMILES string of the molecule is Cc1nc(-c2cccc(C(F)(F)F)c2)nc(N2CCN(C(=O)Nc3ccc(C(F)(F)F)cc3)CC2)c1Cc1ccccc1. The minimum Gasteiger partial charge on any atom is -0.353 e. The zero-order chi connectivity index (χ0) is 30.8. The molecule has 1 aliphatic rings. The number of aryl methyl sites for hydroxylation is 1. The molecule has 3 aromatic carbocycles. The van der Waals surface area contributed by atoms with E-state index in [0.29, 0.717) is 44.1 Å². The first kappa shape index (κ1) is 29.9. The number of urea groups is 1. The van der Waals surface area contributed by atoms with Crippen LogP contribution in [0.15, 0.2) is 78.9 Å². The van der Waals surface area contributed by atoms with E-state index in [2.05, 4.69) is 10.3 Å². The number of carbonyl (C=O) groups excluding carboxylic acids is 1. The van der Waals surface area contributed by atoms with Crippen LogP contribution in [0.5, 0.6) is 0 Å². The molecule has 1 saturated heterocycles. The molecule has 224 valence electrons. The van der Waals surface area contributed by atoms with Crippen molar-refractivity contribution in [1.82, 2.24) is 14.9 Å². The van der Waals surface area contributed by atoms with Gasteiger partial charge in [-0.3, -0.25) is 0 Å². The number of alkyl halides is 6. The fourth-order valence-corrected chi connectivity index (χ4v) is 4.88. The molecular formula is C31H27F6N5O. The fourth-order valence-electron chi connectivity index (χ4n) is 4.88. The number of piperazine rings is 1. The smallest absolute Gasteiger partial charge is 0.353 e. The molecule has 0 saturated carbocycles. The molecule has 6 nitrogen and oxygen atoms in total. The van der Waals surface area contributed by atoms with E-state index in [1.807, 2.05) is 35.2 Å². The third-order valence-electron chi connectivity index (χ3n) is 7.19. The van der Waals surface area contributed by atoms with Crippen LogP contribution in [0.25, 0.3) is 11.4 Å². The summed E-state index contributed by atoms with van der Waals surface area (Å²) in [6.07, 6.45) is -8.49. The molecule has 0 atom stereocenters. The highest BCUT2D eigenvalue weighted by Crippen LogP contribution is 2.34. The number of rotatable bonds is 5. The molecule has 1 aromatic heterocycles. The molecule has 4 aromatic rings. The monoisotopic (exact) mass is 599 g/mol. The first-order chi connectivity index (χ1) is 20.4. The van der Waals surface area contributed by atoms with Gasteiger partial charge in [-0.2, -0.15) is 26.3 Å². The van der Waals surface area contributed by atoms with Crippen LogP contribution in [0, 0.1) is 6.92 Å². The van der Waals surface area contributed by atoms with E-state index >= 15 is 0 Å². The minimum atomic E-state index is -4.52. The summed E-state index contributed by atoms with van der Waals surface area (Å²) >= 11 is 0. The largest absolute Gasteiger partial charge is 0.416 e. The number of halogens is 6. The lowest BCUT2D eigenvalue weighted by atomic mass is 10.0. The predicted molar refractivity (Wildman–Crippen MR) is 151 cm³/mol. The number of benzene rings is 3. The van der Waals surface area contributed by atoms with Crippen LogP contribution in [-0.4, -0.2) is 47.1 Å². The maximum absolute atomic E-state index is 13.4. The summed E-state index contributed by atoms with van der Waals surface area (Å²) in [5, 5.41) is 2.63. The Labute approximate surface area is 244 Å². The summed E-state index contributed by atoms with van der Waals surface area (Å²) in [6.45, 7) is 3.13. The van der Waals surface area contributed by atoms with E-state index in [1.165, 1.54) is 24.3 Å². The molecule has 1 aliphatic heterocycles. The van der Waals surface area contributed by atoms with Gasteiger partial charge in [0, 0.05) is 55.1 Å². The molecular weight excluding hydrogens is 572 g/mol. The molecule has 0 aliphatic carbocycles. The van der Waals surface area contributed by atoms with Gasteiger partial charge in [-0.25, -0.2) is 14.8 Å². The molecule has 1 fully saturated rings. The highest BCUT2D eigenvalue weighted by atomic mass is 19.4. The topological polar surface area (TPSA) is 61.4 Å². The zero-order valence-corrected chi connectivity index (χ0v) is 23.0. The standard InChI is InChI=1S/C31H27F6N5O/c1-20-26(18-21-6-3-2-4-7-21)28(40-27(38-20)22-8-5-9-24(19-22)31(35,36)37)41-14-16-42(17-15-41)29(43)39-25-12-10-23(11-13-25)30(32,33)34/h2-13,19H,14-18H2,1H3,(H,39,43). The number of hydrogen-bond donors (Lipinski definition) is 1. The van der Waals surface area contributed by atoms with Crippen LogP contribution in [0.3, 0.4) is 0 Å². The van der Waals surface area contributed by atoms with Gasteiger partial charge in [0.2, 0.25) is 0 Å². The van der Waals surface area contributed by atoms with Crippen molar-refractivity contribution in [2.45, 2.75) is 25.7 Å². The summed E-state index contributed by atoms with van der Waals surface area (Å²) in [5.74, 6) is 0.740. The second-order valence-electron chi connectivity index (χ2n) is 10.2.